The summed E-state index contributed by atoms with van der Waals surface area (Å²) in [7, 11) is 1.64. The lowest BCUT2D eigenvalue weighted by Crippen LogP contribution is -2.32. The maximum atomic E-state index is 13.6. The minimum atomic E-state index is -1.04. The molecule has 5 nitrogen and oxygen atoms in total. The third-order valence-electron chi connectivity index (χ3n) is 3.37. The first kappa shape index (κ1) is 10.7. The number of halogens is 1. The van der Waals surface area contributed by atoms with Gasteiger partial charge in [0.1, 0.15) is 11.9 Å². The van der Waals surface area contributed by atoms with Gasteiger partial charge in [0.15, 0.2) is 0 Å². The van der Waals surface area contributed by atoms with Crippen molar-refractivity contribution in [3.05, 3.63) is 17.0 Å². The zero-order chi connectivity index (χ0) is 12.0. The molecule has 2 aliphatic heterocycles. The fourth-order valence-electron chi connectivity index (χ4n) is 2.53. The van der Waals surface area contributed by atoms with E-state index in [1.165, 1.54) is 4.90 Å². The van der Waals surface area contributed by atoms with Crippen LogP contribution in [-0.2, 0) is 19.5 Å². The number of fused-ring (bicyclic) bond motifs is 3. The van der Waals surface area contributed by atoms with Crippen molar-refractivity contribution in [3.63, 3.8) is 0 Å². The Morgan fingerprint density at radius 2 is 2.29 bits per heavy atom. The molecule has 92 valence electrons. The molecular formula is C11H15FN4O. The fraction of sp³-hybridized carbons (Fsp3) is 0.636. The summed E-state index contributed by atoms with van der Waals surface area (Å²) < 4.78 is 15.2. The summed E-state index contributed by atoms with van der Waals surface area (Å²) in [6.07, 6.45) is -0.233. The molecule has 1 unspecified atom stereocenters. The average molecular weight is 238 g/mol. The molecule has 1 aromatic heterocycles. The molecule has 0 spiro atoms. The summed E-state index contributed by atoms with van der Waals surface area (Å²) in [6.45, 7) is 1.84. The molecule has 0 fully saturated rings. The van der Waals surface area contributed by atoms with Crippen molar-refractivity contribution in [2.75, 3.05) is 20.1 Å². The molecule has 1 amide bonds. The monoisotopic (exact) mass is 238 g/mol. The van der Waals surface area contributed by atoms with Crippen LogP contribution < -0.4 is 5.32 Å². The minimum Gasteiger partial charge on any atom is -0.337 e. The quantitative estimate of drug-likeness (QED) is 0.689. The molecule has 0 radical (unpaired) electrons. The number of hydrogen-bond acceptors (Lipinski definition) is 3. The molecule has 1 N–H and O–H groups in total. The Bertz CT molecular complexity index is 470. The van der Waals surface area contributed by atoms with E-state index in [0.29, 0.717) is 12.2 Å². The number of carbonyl (C=O) groups is 1. The predicted octanol–water partition coefficient (Wildman–Crippen LogP) is -0.0475. The maximum Gasteiger partial charge on any atom is 0.272 e. The van der Waals surface area contributed by atoms with Crippen molar-refractivity contribution in [2.45, 2.75) is 25.7 Å². The van der Waals surface area contributed by atoms with Crippen LogP contribution in [0.4, 0.5) is 4.39 Å². The fourth-order valence-corrected chi connectivity index (χ4v) is 2.53. The largest absolute Gasteiger partial charge is 0.337 e. The van der Waals surface area contributed by atoms with Gasteiger partial charge in [0.05, 0.1) is 18.8 Å². The summed E-state index contributed by atoms with van der Waals surface area (Å²) in [5.74, 6) is -0.123. The van der Waals surface area contributed by atoms with Gasteiger partial charge in [-0.05, 0) is 0 Å². The normalized spacial score (nSPS) is 24.2. The number of nitrogens with zero attached hydrogens (tertiary/aromatic N) is 3. The van der Waals surface area contributed by atoms with Gasteiger partial charge in [0, 0.05) is 32.1 Å². The van der Waals surface area contributed by atoms with Crippen LogP contribution in [0.2, 0.25) is 0 Å². The van der Waals surface area contributed by atoms with E-state index < -0.39 is 6.17 Å². The van der Waals surface area contributed by atoms with Gasteiger partial charge in [-0.1, -0.05) is 0 Å². The van der Waals surface area contributed by atoms with E-state index in [1.807, 2.05) is 0 Å². The second kappa shape index (κ2) is 3.80. The van der Waals surface area contributed by atoms with Crippen LogP contribution >= 0.6 is 0 Å². The van der Waals surface area contributed by atoms with Crippen LogP contribution in [0.25, 0.3) is 0 Å². The number of carbonyl (C=O) groups excluding carboxylic acids is 1. The van der Waals surface area contributed by atoms with Gasteiger partial charge < -0.3 is 10.2 Å². The Morgan fingerprint density at radius 1 is 1.47 bits per heavy atom. The van der Waals surface area contributed by atoms with Crippen molar-refractivity contribution < 1.29 is 9.18 Å². The Balaban J connectivity index is 2.12. The van der Waals surface area contributed by atoms with Crippen LogP contribution in [-0.4, -0.2) is 46.9 Å². The van der Waals surface area contributed by atoms with Crippen molar-refractivity contribution in [3.8, 4) is 0 Å². The maximum absolute atomic E-state index is 13.6. The van der Waals surface area contributed by atoms with E-state index in [1.54, 1.807) is 11.7 Å². The lowest BCUT2D eigenvalue weighted by atomic mass is 10.1. The molecule has 0 saturated heterocycles. The first-order valence-corrected chi connectivity index (χ1v) is 5.85. The number of nitrogens with one attached hydrogen (secondary N) is 1. The third-order valence-corrected chi connectivity index (χ3v) is 3.37. The highest BCUT2D eigenvalue weighted by Gasteiger charge is 2.31. The highest BCUT2D eigenvalue weighted by molar-refractivity contribution is 5.94. The van der Waals surface area contributed by atoms with Crippen LogP contribution in [0, 0.1) is 0 Å². The molecule has 0 aliphatic carbocycles. The van der Waals surface area contributed by atoms with Crippen LogP contribution in [0.1, 0.15) is 21.7 Å². The van der Waals surface area contributed by atoms with Gasteiger partial charge in [-0.3, -0.25) is 9.48 Å². The van der Waals surface area contributed by atoms with E-state index >= 15 is 0 Å². The zero-order valence-electron chi connectivity index (χ0n) is 9.74. The van der Waals surface area contributed by atoms with Gasteiger partial charge in [0.2, 0.25) is 0 Å². The molecule has 0 bridgehead atoms. The van der Waals surface area contributed by atoms with E-state index in [0.717, 1.165) is 24.2 Å². The zero-order valence-corrected chi connectivity index (χ0v) is 9.74. The Morgan fingerprint density at radius 3 is 3.12 bits per heavy atom. The number of rotatable bonds is 0. The Hall–Kier alpha value is -1.43. The molecule has 17 heavy (non-hydrogen) atoms. The van der Waals surface area contributed by atoms with Gasteiger partial charge in [-0.25, -0.2) is 4.39 Å². The molecule has 3 heterocycles. The molecule has 1 atom stereocenters. The highest BCUT2D eigenvalue weighted by atomic mass is 19.1. The third kappa shape index (κ3) is 1.63. The lowest BCUT2D eigenvalue weighted by Gasteiger charge is -2.17. The van der Waals surface area contributed by atoms with Gasteiger partial charge in [0.25, 0.3) is 5.91 Å². The molecule has 1 aromatic rings. The molecule has 6 heteroatoms. The summed E-state index contributed by atoms with van der Waals surface area (Å²) >= 11 is 0. The first-order valence-electron chi connectivity index (χ1n) is 5.85. The number of alkyl halides is 1. The van der Waals surface area contributed by atoms with E-state index in [2.05, 4.69) is 10.4 Å². The predicted molar refractivity (Wildman–Crippen MR) is 59.5 cm³/mol. The van der Waals surface area contributed by atoms with Crippen molar-refractivity contribution in [1.29, 1.82) is 0 Å². The highest BCUT2D eigenvalue weighted by Crippen LogP contribution is 2.22. The van der Waals surface area contributed by atoms with E-state index in [-0.39, 0.29) is 19.0 Å². The van der Waals surface area contributed by atoms with Crippen LogP contribution in [0.5, 0.6) is 0 Å². The summed E-state index contributed by atoms with van der Waals surface area (Å²) in [4.78, 5) is 13.6. The van der Waals surface area contributed by atoms with Crippen molar-refractivity contribution in [1.82, 2.24) is 20.0 Å². The van der Waals surface area contributed by atoms with Gasteiger partial charge in [-0.15, -0.1) is 0 Å². The standard InChI is InChI=1S/C11H15FN4O/c1-15-5-7(12)6-16-10(11(15)17)8-4-13-3-2-9(8)14-16/h7,13H,2-6H2,1H3. The smallest absolute Gasteiger partial charge is 0.272 e. The van der Waals surface area contributed by atoms with Crippen molar-refractivity contribution in [2.24, 2.45) is 0 Å². The van der Waals surface area contributed by atoms with Crippen LogP contribution in [0.3, 0.4) is 0 Å². The average Bonchev–Trinajstić information content (AvgIpc) is 2.60. The minimum absolute atomic E-state index is 0.123. The second-order valence-corrected chi connectivity index (χ2v) is 4.67. The molecule has 2 aliphatic rings. The number of amides is 1. The van der Waals surface area contributed by atoms with Gasteiger partial charge in [-0.2, -0.15) is 5.10 Å². The molecule has 0 saturated carbocycles. The Labute approximate surface area is 98.6 Å². The summed E-state index contributed by atoms with van der Waals surface area (Å²) in [6, 6.07) is 0. The molecular weight excluding hydrogens is 223 g/mol. The number of aromatic nitrogens is 2. The lowest BCUT2D eigenvalue weighted by molar-refractivity contribution is 0.0768. The number of hydrogen-bond donors (Lipinski definition) is 1. The second-order valence-electron chi connectivity index (χ2n) is 4.67. The van der Waals surface area contributed by atoms with E-state index in [9.17, 15) is 9.18 Å². The summed E-state index contributed by atoms with van der Waals surface area (Å²) in [5.41, 5.74) is 2.45. The Kier molecular flexibility index (Phi) is 2.39. The molecule has 3 rings (SSSR count). The SMILES string of the molecule is CN1CC(F)Cn2nc3c(c2C1=O)CNCC3. The van der Waals surface area contributed by atoms with Gasteiger partial charge >= 0.3 is 0 Å². The van der Waals surface area contributed by atoms with Crippen LogP contribution in [0.15, 0.2) is 0 Å². The topological polar surface area (TPSA) is 50.2 Å². The molecule has 0 aromatic carbocycles. The summed E-state index contributed by atoms with van der Waals surface area (Å²) in [5, 5.41) is 7.60. The van der Waals surface area contributed by atoms with E-state index in [4.69, 9.17) is 0 Å². The first-order chi connectivity index (χ1) is 8.16. The van der Waals surface area contributed by atoms with Crippen molar-refractivity contribution >= 4 is 5.91 Å².